The van der Waals surface area contributed by atoms with Crippen LogP contribution in [0.5, 0.6) is 0 Å². The zero-order valence-corrected chi connectivity index (χ0v) is 11.9. The fourth-order valence-electron chi connectivity index (χ4n) is 1.62. The molecule has 0 radical (unpaired) electrons. The molecule has 0 aliphatic rings. The first-order valence-corrected chi connectivity index (χ1v) is 7.38. The Morgan fingerprint density at radius 1 is 1.32 bits per heavy atom. The van der Waals surface area contributed by atoms with Gasteiger partial charge in [0.1, 0.15) is 5.54 Å². The van der Waals surface area contributed by atoms with Gasteiger partial charge in [-0.15, -0.1) is 0 Å². The fraction of sp³-hybridized carbons (Fsp3) is 0.417. The summed E-state index contributed by atoms with van der Waals surface area (Å²) in [6.07, 6.45) is -0.380. The number of carbonyl (C=O) groups is 1. The molecule has 0 aliphatic heterocycles. The fourth-order valence-corrected chi connectivity index (χ4v) is 2.43. The number of ether oxygens (including phenoxy) is 1. The molecule has 6 nitrogen and oxygen atoms in total. The summed E-state index contributed by atoms with van der Waals surface area (Å²) < 4.78 is 16.3. The van der Waals surface area contributed by atoms with Gasteiger partial charge in [0.2, 0.25) is 0 Å². The first-order valence-electron chi connectivity index (χ1n) is 5.77. The maximum Gasteiger partial charge on any atom is 0.401 e. The Kier molecular flexibility index (Phi) is 4.87. The van der Waals surface area contributed by atoms with Crippen LogP contribution in [0.25, 0.3) is 0 Å². The second kappa shape index (κ2) is 5.84. The molecule has 7 heteroatoms. The predicted octanol–water partition coefficient (Wildman–Crippen LogP) is 1.54. The lowest BCUT2D eigenvalue weighted by Crippen LogP contribution is -2.46. The van der Waals surface area contributed by atoms with Crippen molar-refractivity contribution in [3.63, 3.8) is 0 Å². The van der Waals surface area contributed by atoms with Crippen molar-refractivity contribution in [3.8, 4) is 0 Å². The van der Waals surface area contributed by atoms with E-state index in [1.165, 1.54) is 6.92 Å². The Labute approximate surface area is 112 Å². The molecule has 1 atom stereocenters. The van der Waals surface area contributed by atoms with Gasteiger partial charge in [-0.1, -0.05) is 30.3 Å². The molecule has 0 spiro atoms. The topological polar surface area (TPSA) is 95.9 Å². The molecule has 3 N–H and O–H groups in total. The number of hydrogen-bond donors (Lipinski definition) is 3. The van der Waals surface area contributed by atoms with Crippen LogP contribution in [-0.4, -0.2) is 21.9 Å². The van der Waals surface area contributed by atoms with E-state index < -0.39 is 19.3 Å². The van der Waals surface area contributed by atoms with Gasteiger partial charge in [0.15, 0.2) is 0 Å². The molecule has 1 rings (SSSR count). The van der Waals surface area contributed by atoms with E-state index >= 15 is 0 Å². The summed E-state index contributed by atoms with van der Waals surface area (Å²) in [5.74, 6) is -0.739. The van der Waals surface area contributed by atoms with Gasteiger partial charge >= 0.3 is 13.7 Å². The third-order valence-corrected chi connectivity index (χ3v) is 3.21. The molecule has 0 amide bonds. The number of benzene rings is 1. The third-order valence-electron chi connectivity index (χ3n) is 2.47. The minimum atomic E-state index is -4.60. The van der Waals surface area contributed by atoms with Crippen molar-refractivity contribution in [2.24, 2.45) is 0 Å². The van der Waals surface area contributed by atoms with E-state index in [1.54, 1.807) is 44.2 Å². The zero-order chi connectivity index (χ0) is 14.7. The first-order chi connectivity index (χ1) is 8.65. The molecule has 0 aliphatic carbocycles. The smallest absolute Gasteiger partial charge is 0.401 e. The van der Waals surface area contributed by atoms with Gasteiger partial charge in [-0.25, -0.2) is 14.4 Å². The zero-order valence-electron chi connectivity index (χ0n) is 11.0. The molecule has 0 saturated heterocycles. The van der Waals surface area contributed by atoms with Crippen molar-refractivity contribution in [2.45, 2.75) is 32.4 Å². The second-order valence-electron chi connectivity index (χ2n) is 4.60. The Hall–Kier alpha value is -1.20. The lowest BCUT2D eigenvalue weighted by Gasteiger charge is -2.30. The van der Waals surface area contributed by atoms with E-state index in [0.717, 1.165) is 0 Å². The standard InChI is InChI=1S/C12H18NO5P/c1-9(2)18-11(14)12(3,13-19(15,16)17)10-7-5-4-6-8-10/h4-9H,1-3H3,(H3,13,15,16,17)/t12-/m0/s1. The molecule has 0 fully saturated rings. The average Bonchev–Trinajstić information content (AvgIpc) is 2.27. The van der Waals surface area contributed by atoms with Crippen LogP contribution in [0.15, 0.2) is 30.3 Å². The molecule has 1 aromatic rings. The highest BCUT2D eigenvalue weighted by Crippen LogP contribution is 2.37. The molecular formula is C12H18NO5P. The van der Waals surface area contributed by atoms with E-state index in [-0.39, 0.29) is 6.10 Å². The van der Waals surface area contributed by atoms with E-state index in [0.29, 0.717) is 5.56 Å². The van der Waals surface area contributed by atoms with Crippen molar-refractivity contribution < 1.29 is 23.9 Å². The summed E-state index contributed by atoms with van der Waals surface area (Å²) in [6.45, 7) is 4.72. The lowest BCUT2D eigenvalue weighted by atomic mass is 9.93. The molecule has 0 heterocycles. The molecule has 0 bridgehead atoms. The largest absolute Gasteiger partial charge is 0.461 e. The Morgan fingerprint density at radius 2 is 1.84 bits per heavy atom. The number of hydrogen-bond acceptors (Lipinski definition) is 3. The molecule has 0 saturated carbocycles. The van der Waals surface area contributed by atoms with Gasteiger partial charge in [-0.05, 0) is 26.3 Å². The van der Waals surface area contributed by atoms with Gasteiger partial charge in [0.25, 0.3) is 0 Å². The molecule has 0 unspecified atom stereocenters. The molecule has 1 aromatic carbocycles. The lowest BCUT2D eigenvalue weighted by molar-refractivity contribution is -0.154. The van der Waals surface area contributed by atoms with Crippen molar-refractivity contribution in [1.29, 1.82) is 0 Å². The number of nitrogens with one attached hydrogen (secondary N) is 1. The number of carbonyl (C=O) groups excluding carboxylic acids is 1. The Bertz CT molecular complexity index is 484. The highest BCUT2D eigenvalue weighted by atomic mass is 31.2. The SMILES string of the molecule is CC(C)OC(=O)[C@@](C)(NP(=O)(O)O)c1ccccc1. The summed E-state index contributed by atoms with van der Waals surface area (Å²) in [5.41, 5.74) is -1.19. The van der Waals surface area contributed by atoms with Gasteiger partial charge in [-0.2, -0.15) is 0 Å². The quantitative estimate of drug-likeness (QED) is 0.561. The van der Waals surface area contributed by atoms with Gasteiger partial charge in [-0.3, -0.25) is 0 Å². The van der Waals surface area contributed by atoms with Crippen molar-refractivity contribution in [3.05, 3.63) is 35.9 Å². The van der Waals surface area contributed by atoms with E-state index in [4.69, 9.17) is 14.5 Å². The molecule has 106 valence electrons. The van der Waals surface area contributed by atoms with Crippen LogP contribution in [0.4, 0.5) is 0 Å². The number of esters is 1. The van der Waals surface area contributed by atoms with Gasteiger partial charge in [0, 0.05) is 0 Å². The Morgan fingerprint density at radius 3 is 2.26 bits per heavy atom. The van der Waals surface area contributed by atoms with E-state index in [2.05, 4.69) is 0 Å². The summed E-state index contributed by atoms with van der Waals surface area (Å²) in [5, 5.41) is 2.05. The Balaban J connectivity index is 3.18. The average molecular weight is 287 g/mol. The van der Waals surface area contributed by atoms with Gasteiger partial charge < -0.3 is 14.5 Å². The van der Waals surface area contributed by atoms with E-state index in [9.17, 15) is 9.36 Å². The predicted molar refractivity (Wildman–Crippen MR) is 70.2 cm³/mol. The highest BCUT2D eigenvalue weighted by molar-refractivity contribution is 7.49. The van der Waals surface area contributed by atoms with Crippen LogP contribution in [0, 0.1) is 0 Å². The summed E-state index contributed by atoms with van der Waals surface area (Å²) in [7, 11) is -4.60. The van der Waals surface area contributed by atoms with Crippen molar-refractivity contribution in [1.82, 2.24) is 5.09 Å². The third kappa shape index (κ3) is 4.44. The maximum atomic E-state index is 12.1. The van der Waals surface area contributed by atoms with Gasteiger partial charge in [0.05, 0.1) is 6.10 Å². The molecule has 0 aromatic heterocycles. The number of rotatable bonds is 5. The maximum absolute atomic E-state index is 12.1. The van der Waals surface area contributed by atoms with Crippen LogP contribution < -0.4 is 5.09 Å². The highest BCUT2D eigenvalue weighted by Gasteiger charge is 2.42. The summed E-state index contributed by atoms with van der Waals surface area (Å²) >= 11 is 0. The van der Waals surface area contributed by atoms with Crippen LogP contribution in [0.2, 0.25) is 0 Å². The van der Waals surface area contributed by atoms with Crippen LogP contribution in [0.1, 0.15) is 26.3 Å². The molecule has 19 heavy (non-hydrogen) atoms. The second-order valence-corrected chi connectivity index (χ2v) is 5.91. The molecular weight excluding hydrogens is 269 g/mol. The van der Waals surface area contributed by atoms with Crippen LogP contribution in [0.3, 0.4) is 0 Å². The summed E-state index contributed by atoms with van der Waals surface area (Å²) in [4.78, 5) is 30.3. The minimum Gasteiger partial charge on any atom is -0.461 e. The first kappa shape index (κ1) is 15.9. The van der Waals surface area contributed by atoms with Crippen LogP contribution >= 0.6 is 7.75 Å². The summed E-state index contributed by atoms with van der Waals surface area (Å²) in [6, 6.07) is 8.30. The van der Waals surface area contributed by atoms with E-state index in [1.807, 2.05) is 5.09 Å². The minimum absolute atomic E-state index is 0.380. The normalized spacial score (nSPS) is 15.1. The van der Waals surface area contributed by atoms with Crippen molar-refractivity contribution in [2.75, 3.05) is 0 Å². The van der Waals surface area contributed by atoms with Crippen molar-refractivity contribution >= 4 is 13.7 Å². The van der Waals surface area contributed by atoms with Crippen LogP contribution in [-0.2, 0) is 19.6 Å². The monoisotopic (exact) mass is 287 g/mol.